The molecule has 2 aromatic rings. The Balaban J connectivity index is 1.66. The number of rotatable bonds is 7. The van der Waals surface area contributed by atoms with Crippen LogP contribution in [0.1, 0.15) is 5.56 Å². The van der Waals surface area contributed by atoms with Crippen LogP contribution >= 0.6 is 0 Å². The number of nitrogens with zero attached hydrogens (tertiary/aromatic N) is 2. The number of nitro benzene ring substituents is 1. The molecule has 0 atom stereocenters. The third-order valence-electron chi connectivity index (χ3n) is 5.04. The zero-order valence-corrected chi connectivity index (χ0v) is 17.1. The van der Waals surface area contributed by atoms with Gasteiger partial charge in [0.05, 0.1) is 55.8 Å². The lowest BCUT2D eigenvalue weighted by Crippen LogP contribution is -3.13. The highest BCUT2D eigenvalue weighted by atomic mass is 32.2. The molecule has 156 valence electrons. The van der Waals surface area contributed by atoms with Crippen molar-refractivity contribution < 1.29 is 27.7 Å². The number of methoxy groups -OCH3 is 2. The van der Waals surface area contributed by atoms with Crippen LogP contribution in [0.15, 0.2) is 47.4 Å². The van der Waals surface area contributed by atoms with E-state index in [0.717, 1.165) is 17.1 Å². The van der Waals surface area contributed by atoms with Gasteiger partial charge in [-0.3, -0.25) is 10.1 Å². The largest absolute Gasteiger partial charge is 0.497 e. The maximum absolute atomic E-state index is 12.8. The van der Waals surface area contributed by atoms with E-state index in [1.807, 2.05) is 18.2 Å². The number of hydrogen-bond acceptors (Lipinski definition) is 6. The summed E-state index contributed by atoms with van der Waals surface area (Å²) in [6.07, 6.45) is 0. The zero-order valence-electron chi connectivity index (χ0n) is 16.3. The van der Waals surface area contributed by atoms with Gasteiger partial charge in [0.1, 0.15) is 18.0 Å². The Bertz CT molecular complexity index is 970. The molecular weight excluding hydrogens is 398 g/mol. The monoisotopic (exact) mass is 422 g/mol. The first-order valence-electron chi connectivity index (χ1n) is 9.14. The second kappa shape index (κ2) is 8.76. The van der Waals surface area contributed by atoms with Gasteiger partial charge in [0, 0.05) is 12.1 Å². The van der Waals surface area contributed by atoms with Gasteiger partial charge in [-0.05, 0) is 30.3 Å². The van der Waals surface area contributed by atoms with Crippen LogP contribution in [0.25, 0.3) is 0 Å². The fraction of sp³-hybridized carbons (Fsp3) is 0.368. The van der Waals surface area contributed by atoms with Crippen LogP contribution in [0.4, 0.5) is 5.69 Å². The summed E-state index contributed by atoms with van der Waals surface area (Å²) in [5.41, 5.74) is 0.874. The summed E-state index contributed by atoms with van der Waals surface area (Å²) in [5, 5.41) is 10.8. The summed E-state index contributed by atoms with van der Waals surface area (Å²) in [6.45, 7) is 2.74. The van der Waals surface area contributed by atoms with E-state index in [9.17, 15) is 18.5 Å². The lowest BCUT2D eigenvalue weighted by molar-refractivity contribution is -0.917. The lowest BCUT2D eigenvalue weighted by Gasteiger charge is -2.31. The van der Waals surface area contributed by atoms with Crippen molar-refractivity contribution >= 4 is 15.7 Å². The Morgan fingerprint density at radius 1 is 1.07 bits per heavy atom. The highest BCUT2D eigenvalue weighted by Gasteiger charge is 2.31. The van der Waals surface area contributed by atoms with Crippen molar-refractivity contribution in [2.75, 3.05) is 40.4 Å². The molecule has 3 rings (SSSR count). The average Bonchev–Trinajstić information content (AvgIpc) is 2.74. The molecule has 0 amide bonds. The van der Waals surface area contributed by atoms with E-state index in [2.05, 4.69) is 0 Å². The number of piperazine rings is 1. The van der Waals surface area contributed by atoms with Crippen LogP contribution in [-0.2, 0) is 16.6 Å². The average molecular weight is 422 g/mol. The number of nitrogens with one attached hydrogen (secondary N) is 1. The third kappa shape index (κ3) is 4.66. The first-order valence-corrected chi connectivity index (χ1v) is 10.6. The van der Waals surface area contributed by atoms with Crippen LogP contribution < -0.4 is 14.4 Å². The molecule has 10 heteroatoms. The molecule has 0 radical (unpaired) electrons. The molecule has 0 spiro atoms. The SMILES string of the molecule is COc1ccc(OC)c(C[NH+]2CCN(S(=O)(=O)c3ccc([N+](=O)[O-])cc3)CC2)c1. The second-order valence-corrected chi connectivity index (χ2v) is 8.70. The minimum atomic E-state index is -3.67. The number of benzene rings is 2. The van der Waals surface area contributed by atoms with Gasteiger partial charge in [-0.1, -0.05) is 0 Å². The van der Waals surface area contributed by atoms with Gasteiger partial charge in [-0.25, -0.2) is 8.42 Å². The topological polar surface area (TPSA) is 103 Å². The third-order valence-corrected chi connectivity index (χ3v) is 6.96. The molecule has 1 aliphatic heterocycles. The number of ether oxygens (including phenoxy) is 2. The van der Waals surface area contributed by atoms with Gasteiger partial charge in [0.2, 0.25) is 10.0 Å². The lowest BCUT2D eigenvalue weighted by atomic mass is 10.1. The van der Waals surface area contributed by atoms with Crippen molar-refractivity contribution in [1.82, 2.24) is 4.31 Å². The molecule has 29 heavy (non-hydrogen) atoms. The first kappa shape index (κ1) is 21.0. The van der Waals surface area contributed by atoms with Crippen LogP contribution in [0, 0.1) is 10.1 Å². The highest BCUT2D eigenvalue weighted by molar-refractivity contribution is 7.89. The van der Waals surface area contributed by atoms with Crippen molar-refractivity contribution in [3.63, 3.8) is 0 Å². The Hall–Kier alpha value is -2.69. The van der Waals surface area contributed by atoms with E-state index in [0.29, 0.717) is 32.7 Å². The van der Waals surface area contributed by atoms with E-state index in [4.69, 9.17) is 9.47 Å². The first-order chi connectivity index (χ1) is 13.8. The molecule has 0 aliphatic carbocycles. The van der Waals surface area contributed by atoms with E-state index >= 15 is 0 Å². The fourth-order valence-corrected chi connectivity index (χ4v) is 4.84. The molecule has 0 bridgehead atoms. The maximum atomic E-state index is 12.8. The molecule has 1 heterocycles. The van der Waals surface area contributed by atoms with Gasteiger partial charge in [0.15, 0.2) is 0 Å². The second-order valence-electron chi connectivity index (χ2n) is 6.76. The molecule has 1 saturated heterocycles. The van der Waals surface area contributed by atoms with Crippen molar-refractivity contribution in [3.05, 3.63) is 58.1 Å². The Morgan fingerprint density at radius 2 is 1.72 bits per heavy atom. The molecule has 2 aromatic carbocycles. The van der Waals surface area contributed by atoms with Crippen molar-refractivity contribution in [1.29, 1.82) is 0 Å². The van der Waals surface area contributed by atoms with E-state index in [1.54, 1.807) is 14.2 Å². The molecular formula is C19H24N3O6S+. The van der Waals surface area contributed by atoms with Crippen LogP contribution in [0.2, 0.25) is 0 Å². The summed E-state index contributed by atoms with van der Waals surface area (Å²) >= 11 is 0. The van der Waals surface area contributed by atoms with Gasteiger partial charge in [-0.15, -0.1) is 0 Å². The minimum absolute atomic E-state index is 0.0704. The highest BCUT2D eigenvalue weighted by Crippen LogP contribution is 2.23. The normalized spacial score (nSPS) is 15.8. The molecule has 9 nitrogen and oxygen atoms in total. The number of sulfonamides is 1. The predicted octanol–water partition coefficient (Wildman–Crippen LogP) is 0.701. The van der Waals surface area contributed by atoms with Crippen LogP contribution in [0.3, 0.4) is 0 Å². The standard InChI is InChI=1S/C19H23N3O6S/c1-27-17-5-8-19(28-2)15(13-17)14-20-9-11-21(12-10-20)29(25,26)18-6-3-16(4-7-18)22(23)24/h3-8,13H,9-12,14H2,1-2H3/p+1. The van der Waals surface area contributed by atoms with Gasteiger partial charge in [0.25, 0.3) is 5.69 Å². The van der Waals surface area contributed by atoms with E-state index in [-0.39, 0.29) is 10.6 Å². The summed E-state index contributed by atoms with van der Waals surface area (Å²) in [6, 6.07) is 10.6. The Labute approximate surface area is 169 Å². The van der Waals surface area contributed by atoms with Gasteiger partial charge >= 0.3 is 0 Å². The van der Waals surface area contributed by atoms with Crippen LogP contribution in [0.5, 0.6) is 11.5 Å². The Morgan fingerprint density at radius 3 is 2.28 bits per heavy atom. The van der Waals surface area contributed by atoms with Gasteiger partial charge < -0.3 is 14.4 Å². The predicted molar refractivity (Wildman–Crippen MR) is 106 cm³/mol. The molecule has 1 aliphatic rings. The summed E-state index contributed by atoms with van der Waals surface area (Å²) in [4.78, 5) is 11.5. The number of non-ortho nitro benzene ring substituents is 1. The molecule has 1 fully saturated rings. The quantitative estimate of drug-likeness (QED) is 0.521. The molecule has 0 unspecified atom stereocenters. The summed E-state index contributed by atoms with van der Waals surface area (Å²) < 4.78 is 37.8. The molecule has 0 saturated carbocycles. The summed E-state index contributed by atoms with van der Waals surface area (Å²) in [5.74, 6) is 1.53. The van der Waals surface area contributed by atoms with E-state index < -0.39 is 14.9 Å². The van der Waals surface area contributed by atoms with E-state index in [1.165, 1.54) is 33.5 Å². The van der Waals surface area contributed by atoms with Crippen LogP contribution in [-0.4, -0.2) is 58.0 Å². The number of nitro groups is 1. The van der Waals surface area contributed by atoms with Crippen molar-refractivity contribution in [2.45, 2.75) is 11.4 Å². The minimum Gasteiger partial charge on any atom is -0.497 e. The fourth-order valence-electron chi connectivity index (χ4n) is 3.40. The van der Waals surface area contributed by atoms with Gasteiger partial charge in [-0.2, -0.15) is 4.31 Å². The Kier molecular flexibility index (Phi) is 6.36. The van der Waals surface area contributed by atoms with Crippen molar-refractivity contribution in [2.24, 2.45) is 0 Å². The number of hydrogen-bond donors (Lipinski definition) is 1. The number of quaternary nitrogens is 1. The molecule has 1 N–H and O–H groups in total. The smallest absolute Gasteiger partial charge is 0.269 e. The zero-order chi connectivity index (χ0) is 21.0. The molecule has 0 aromatic heterocycles. The maximum Gasteiger partial charge on any atom is 0.269 e. The van der Waals surface area contributed by atoms with Crippen molar-refractivity contribution in [3.8, 4) is 11.5 Å². The summed E-state index contributed by atoms with van der Waals surface area (Å²) in [7, 11) is -0.440.